The third-order valence-corrected chi connectivity index (χ3v) is 13.7. The maximum absolute atomic E-state index is 12.7. The highest BCUT2D eigenvalue weighted by Crippen LogP contribution is 2.18. The fourth-order valence-electron chi connectivity index (χ4n) is 8.62. The molecule has 0 heterocycles. The normalized spacial score (nSPS) is 12.5. The number of amides is 5. The van der Waals surface area contributed by atoms with E-state index in [9.17, 15) is 52.7 Å². The van der Waals surface area contributed by atoms with Gasteiger partial charge in [0.05, 0.1) is 31.3 Å². The molecule has 4 unspecified atom stereocenters. The Bertz CT molecular complexity index is 2440. The van der Waals surface area contributed by atoms with Crippen LogP contribution in [0.15, 0.2) is 30.3 Å². The number of Topliss-reactive ketones (excluding diaryl/α,β-unsaturated/α-hetero) is 5. The summed E-state index contributed by atoms with van der Waals surface area (Å²) in [5.74, 6) is 1.50. The van der Waals surface area contributed by atoms with E-state index >= 15 is 0 Å². The molecule has 0 saturated heterocycles. The van der Waals surface area contributed by atoms with Crippen molar-refractivity contribution >= 4 is 65.4 Å². The van der Waals surface area contributed by atoms with E-state index in [1.807, 2.05) is 58.0 Å². The molecular formula is C75H136N6O17. The van der Waals surface area contributed by atoms with E-state index in [-0.39, 0.29) is 62.2 Å². The molecule has 5 amide bonds. The number of alkyl carbamates (subject to hydrolysis) is 5. The molecule has 0 aliphatic heterocycles. The molecule has 568 valence electrons. The Balaban J connectivity index is -0.000000610. The highest BCUT2D eigenvalue weighted by atomic mass is 16.6. The third kappa shape index (κ3) is 62.8. The van der Waals surface area contributed by atoms with Gasteiger partial charge in [-0.25, -0.2) is 24.0 Å². The first-order chi connectivity index (χ1) is 44.8. The van der Waals surface area contributed by atoms with E-state index in [0.29, 0.717) is 94.5 Å². The lowest BCUT2D eigenvalue weighted by atomic mass is 9.98. The Labute approximate surface area is 590 Å². The molecule has 0 aromatic heterocycles. The molecule has 0 aliphatic rings. The molecule has 0 spiro atoms. The van der Waals surface area contributed by atoms with Gasteiger partial charge < -0.3 is 65.5 Å². The second kappa shape index (κ2) is 53.3. The highest BCUT2D eigenvalue weighted by Gasteiger charge is 2.29. The molecule has 0 radical (unpaired) electrons. The first-order valence-corrected chi connectivity index (χ1v) is 35.1. The van der Waals surface area contributed by atoms with Gasteiger partial charge >= 0.3 is 36.4 Å². The van der Waals surface area contributed by atoms with Gasteiger partial charge in [-0.05, 0) is 203 Å². The zero-order chi connectivity index (χ0) is 75.1. The predicted molar refractivity (Wildman–Crippen MR) is 387 cm³/mol. The summed E-state index contributed by atoms with van der Waals surface area (Å²) in [5, 5.41) is 13.3. The van der Waals surface area contributed by atoms with Crippen LogP contribution >= 0.6 is 0 Å². The van der Waals surface area contributed by atoms with Crippen molar-refractivity contribution in [3.05, 3.63) is 35.9 Å². The number of unbranched alkanes of at least 4 members (excludes halogenated alkanes) is 2. The summed E-state index contributed by atoms with van der Waals surface area (Å²) in [6, 6.07) is 7.05. The lowest BCUT2D eigenvalue weighted by molar-refractivity contribution is -0.141. The first-order valence-electron chi connectivity index (χ1n) is 35.1. The minimum absolute atomic E-state index is 0. The van der Waals surface area contributed by atoms with Crippen LogP contribution < -0.4 is 32.3 Å². The Morgan fingerprint density at radius 3 is 1.04 bits per heavy atom. The minimum Gasteiger partial charge on any atom is -0.469 e. The molecule has 0 aliphatic carbocycles. The van der Waals surface area contributed by atoms with E-state index in [2.05, 4.69) is 59.0 Å². The second-order valence-corrected chi connectivity index (χ2v) is 30.2. The Morgan fingerprint density at radius 1 is 0.398 bits per heavy atom. The molecule has 1 rings (SSSR count). The quantitative estimate of drug-likeness (QED) is 0.0203. The number of hydrogen-bond donors (Lipinski definition) is 6. The van der Waals surface area contributed by atoms with Crippen LogP contribution in [0, 0.1) is 23.7 Å². The largest absolute Gasteiger partial charge is 0.469 e. The van der Waals surface area contributed by atoms with Crippen molar-refractivity contribution in [3.63, 3.8) is 0 Å². The fraction of sp³-hybridized carbons (Fsp3) is 0.773. The predicted octanol–water partition coefficient (Wildman–Crippen LogP) is 15.5. The van der Waals surface area contributed by atoms with Gasteiger partial charge in [-0.3, -0.25) is 24.0 Å². The van der Waals surface area contributed by atoms with Gasteiger partial charge in [0.15, 0.2) is 23.1 Å². The minimum atomic E-state index is -0.729. The third-order valence-electron chi connectivity index (χ3n) is 13.7. The van der Waals surface area contributed by atoms with Crippen LogP contribution in [-0.2, 0) is 63.8 Å². The molecule has 1 aromatic carbocycles. The fourth-order valence-corrected chi connectivity index (χ4v) is 8.62. The zero-order valence-electron chi connectivity index (χ0n) is 63.8. The second-order valence-electron chi connectivity index (χ2n) is 30.2. The van der Waals surface area contributed by atoms with Crippen molar-refractivity contribution in [3.8, 4) is 0 Å². The summed E-state index contributed by atoms with van der Waals surface area (Å²) < 4.78 is 30.6. The molecule has 23 heteroatoms. The highest BCUT2D eigenvalue weighted by molar-refractivity contribution is 5.90. The first kappa shape index (κ1) is 97.7. The molecule has 4 atom stereocenters. The average Bonchev–Trinajstić information content (AvgIpc) is 1.00. The standard InChI is InChI=1S/C25H40N2O5.C17H34N2O3.C16H29NO5.C16H29NO4.CH4/c1-19(2)12-11-16-22(28)21(27-24(30)32-25(3,4)5)15-9-10-17-26-23(29)31-18-20-13-7-6-8-14-20;1-13(2)9-8-11-15(20)14(10-6-7-12-18)19-16(21)22-17(3,4)5;1-11(2)7-9-13(18)12(8-10-14(19)21-6)17-15(20)22-16(3,4)5;1-11(2)7-10-14(19)13(9-8-12(3)18)17-15(20)21-16(4,5)6;/h6-8,13-14,19,21H,9-12,15-18H2,1-5H3,(H,26,29)(H,27,30);13-14H,6-12,18H2,1-5H3,(H,19,21);11-12H,7-10H2,1-6H3,(H,17,20);11,13H,7-10H2,1-6H3,(H,17,20);1H4. The van der Waals surface area contributed by atoms with E-state index in [4.69, 9.17) is 29.4 Å². The van der Waals surface area contributed by atoms with Crippen LogP contribution in [0.4, 0.5) is 24.0 Å². The van der Waals surface area contributed by atoms with Crippen LogP contribution in [0.5, 0.6) is 0 Å². The van der Waals surface area contributed by atoms with Crippen molar-refractivity contribution in [2.45, 2.75) is 334 Å². The number of hydrogen-bond acceptors (Lipinski definition) is 18. The summed E-state index contributed by atoms with van der Waals surface area (Å²) in [6.07, 6.45) is 9.05. The van der Waals surface area contributed by atoms with Gasteiger partial charge in [-0.15, -0.1) is 0 Å². The Kier molecular flexibility index (Phi) is 53.1. The molecule has 98 heavy (non-hydrogen) atoms. The average molecular weight is 1390 g/mol. The summed E-state index contributed by atoms with van der Waals surface area (Å²) >= 11 is 0. The number of carbonyl (C=O) groups is 11. The molecule has 0 bridgehead atoms. The number of rotatable bonds is 39. The summed E-state index contributed by atoms with van der Waals surface area (Å²) in [7, 11) is 1.29. The molecule has 1 aromatic rings. The van der Waals surface area contributed by atoms with E-state index in [1.165, 1.54) is 14.0 Å². The maximum atomic E-state index is 12.7. The van der Waals surface area contributed by atoms with Crippen LogP contribution in [0.25, 0.3) is 0 Å². The lowest BCUT2D eigenvalue weighted by Crippen LogP contribution is -2.43. The van der Waals surface area contributed by atoms with Crippen LogP contribution in [0.2, 0.25) is 0 Å². The number of benzene rings is 1. The smallest absolute Gasteiger partial charge is 0.408 e. The monoisotopic (exact) mass is 1390 g/mol. The number of carbonyl (C=O) groups excluding carboxylic acids is 11. The van der Waals surface area contributed by atoms with Gasteiger partial charge in [0, 0.05) is 45.1 Å². The van der Waals surface area contributed by atoms with Gasteiger partial charge in [-0.1, -0.05) is 106 Å². The maximum Gasteiger partial charge on any atom is 0.408 e. The number of nitrogens with one attached hydrogen (secondary N) is 5. The summed E-state index contributed by atoms with van der Waals surface area (Å²) in [4.78, 5) is 131. The lowest BCUT2D eigenvalue weighted by Gasteiger charge is -2.23. The molecular weight excluding hydrogens is 1260 g/mol. The van der Waals surface area contributed by atoms with Gasteiger partial charge in [-0.2, -0.15) is 0 Å². The number of methoxy groups -OCH3 is 1. The summed E-state index contributed by atoms with van der Waals surface area (Å²) in [5.41, 5.74) is 3.97. The van der Waals surface area contributed by atoms with Crippen LogP contribution in [0.3, 0.4) is 0 Å². The topological polar surface area (TPSA) is 329 Å². The molecule has 0 saturated carbocycles. The number of ketones is 5. The van der Waals surface area contributed by atoms with Crippen molar-refractivity contribution in [1.29, 1.82) is 0 Å². The van der Waals surface area contributed by atoms with E-state index in [1.54, 1.807) is 83.1 Å². The molecule has 23 nitrogen and oxygen atoms in total. The van der Waals surface area contributed by atoms with E-state index in [0.717, 1.165) is 56.9 Å². The van der Waals surface area contributed by atoms with Crippen LogP contribution in [0.1, 0.15) is 287 Å². The van der Waals surface area contributed by atoms with Crippen molar-refractivity contribution in [2.75, 3.05) is 20.2 Å². The SMILES string of the molecule is C.CC(=O)CCC(NC(=O)OC(C)(C)C)C(=O)CCC(C)C.CC(C)CCCC(=O)C(CCCCN)NC(=O)OC(C)(C)C.CC(C)CCCC(=O)C(CCCCNC(=O)OCc1ccccc1)NC(=O)OC(C)(C)C.COC(=O)CCC(NC(=O)OC(C)(C)C)C(=O)CCC(C)C. The van der Waals surface area contributed by atoms with Gasteiger partial charge in [0.2, 0.25) is 0 Å². The number of esters is 1. The van der Waals surface area contributed by atoms with Crippen LogP contribution in [-0.4, -0.2) is 132 Å². The van der Waals surface area contributed by atoms with E-state index < -0.39 is 83.0 Å². The number of ether oxygens (including phenoxy) is 6. The number of nitrogens with two attached hydrogens (primary N) is 1. The Morgan fingerprint density at radius 2 is 0.724 bits per heavy atom. The zero-order valence-corrected chi connectivity index (χ0v) is 63.8. The molecule has 7 N–H and O–H groups in total. The van der Waals surface area contributed by atoms with Gasteiger partial charge in [0.1, 0.15) is 34.8 Å². The Hall–Kier alpha value is -6.65. The van der Waals surface area contributed by atoms with Gasteiger partial charge in [0.25, 0.3) is 0 Å². The molecule has 0 fully saturated rings. The summed E-state index contributed by atoms with van der Waals surface area (Å²) in [6.45, 7) is 40.7. The van der Waals surface area contributed by atoms with Crippen molar-refractivity contribution in [1.82, 2.24) is 26.6 Å². The van der Waals surface area contributed by atoms with Crippen molar-refractivity contribution in [2.24, 2.45) is 29.4 Å². The van der Waals surface area contributed by atoms with Crippen molar-refractivity contribution < 1.29 is 81.2 Å².